The van der Waals surface area contributed by atoms with Gasteiger partial charge in [-0.3, -0.25) is 14.4 Å². The number of amides is 3. The zero-order valence-electron chi connectivity index (χ0n) is 18.5. The lowest BCUT2D eigenvalue weighted by Crippen LogP contribution is -3.12. The summed E-state index contributed by atoms with van der Waals surface area (Å²) in [6.45, 7) is 5.30. The Hall–Kier alpha value is -2.87. The first-order valence-electron chi connectivity index (χ1n) is 10.7. The lowest BCUT2D eigenvalue weighted by Gasteiger charge is -2.30. The van der Waals surface area contributed by atoms with Crippen LogP contribution in [0.2, 0.25) is 5.02 Å². The van der Waals surface area contributed by atoms with E-state index in [9.17, 15) is 14.4 Å². The van der Waals surface area contributed by atoms with Crippen molar-refractivity contribution in [2.45, 2.75) is 13.3 Å². The first-order chi connectivity index (χ1) is 15.7. The summed E-state index contributed by atoms with van der Waals surface area (Å²) in [7, 11) is 2.13. The van der Waals surface area contributed by atoms with Gasteiger partial charge in [-0.05, 0) is 42.3 Å². The largest absolute Gasteiger partial charge is 0.350 e. The number of anilines is 2. The molecule has 7 nitrogen and oxygen atoms in total. The van der Waals surface area contributed by atoms with Gasteiger partial charge in [0.25, 0.3) is 11.8 Å². The second kappa shape index (κ2) is 9.55. The van der Waals surface area contributed by atoms with E-state index >= 15 is 0 Å². The number of likely N-dealkylation sites (N-methyl/N-ethyl adjacent to an activating group) is 1. The molecule has 0 atom stereocenters. The van der Waals surface area contributed by atoms with Crippen LogP contribution in [0.4, 0.5) is 11.4 Å². The molecule has 9 heteroatoms. The topological polar surface area (TPSA) is 74.2 Å². The van der Waals surface area contributed by atoms with Crippen molar-refractivity contribution in [3.63, 3.8) is 0 Å². The molecule has 2 aliphatic heterocycles. The number of hydrogen-bond donors (Lipinski definition) is 2. The highest BCUT2D eigenvalue weighted by Gasteiger charge is 2.39. The Kier molecular flexibility index (Phi) is 6.74. The van der Waals surface area contributed by atoms with E-state index in [-0.39, 0.29) is 16.6 Å². The Balaban J connectivity index is 1.43. The number of rotatable bonds is 5. The van der Waals surface area contributed by atoms with Crippen LogP contribution in [0.3, 0.4) is 0 Å². The van der Waals surface area contributed by atoms with Gasteiger partial charge in [-0.1, -0.05) is 41.4 Å². The van der Waals surface area contributed by atoms with E-state index in [1.165, 1.54) is 4.90 Å². The fourth-order valence-corrected chi connectivity index (χ4v) is 4.23. The highest BCUT2D eigenvalue weighted by molar-refractivity contribution is 6.53. The minimum Gasteiger partial charge on any atom is -0.350 e. The van der Waals surface area contributed by atoms with Crippen molar-refractivity contribution in [1.29, 1.82) is 0 Å². The molecule has 1 fully saturated rings. The second-order valence-corrected chi connectivity index (χ2v) is 9.19. The van der Waals surface area contributed by atoms with Crippen molar-refractivity contribution in [2.24, 2.45) is 0 Å². The molecular weight excluding hydrogens is 463 g/mol. The molecule has 2 aliphatic rings. The molecule has 33 heavy (non-hydrogen) atoms. The number of quaternary nitrogens is 1. The lowest BCUT2D eigenvalue weighted by molar-refractivity contribution is -0.883. The molecule has 2 heterocycles. The third-order valence-electron chi connectivity index (χ3n) is 5.99. The summed E-state index contributed by atoms with van der Waals surface area (Å²) in [4.78, 5) is 42.5. The number of carbonyl (C=O) groups excluding carboxylic acids is 3. The van der Waals surface area contributed by atoms with Crippen molar-refractivity contribution in [1.82, 2.24) is 4.90 Å². The third kappa shape index (κ3) is 4.90. The van der Waals surface area contributed by atoms with Gasteiger partial charge >= 0.3 is 0 Å². The molecule has 2 aromatic rings. The van der Waals surface area contributed by atoms with E-state index < -0.39 is 11.8 Å². The summed E-state index contributed by atoms with van der Waals surface area (Å²) in [5.74, 6) is -1.06. The Labute approximate surface area is 202 Å². The van der Waals surface area contributed by atoms with Gasteiger partial charge in [0, 0.05) is 10.7 Å². The fraction of sp³-hybridized carbons (Fsp3) is 0.292. The number of piperazine rings is 1. The first-order valence-corrected chi connectivity index (χ1v) is 11.5. The molecule has 2 aromatic carbocycles. The van der Waals surface area contributed by atoms with Gasteiger partial charge in [0.15, 0.2) is 0 Å². The molecule has 2 N–H and O–H groups in total. The summed E-state index contributed by atoms with van der Waals surface area (Å²) < 4.78 is 0. The van der Waals surface area contributed by atoms with Crippen LogP contribution >= 0.6 is 23.2 Å². The number of hydrogen-bond acceptors (Lipinski definition) is 4. The second-order valence-electron chi connectivity index (χ2n) is 8.40. The van der Waals surface area contributed by atoms with Gasteiger partial charge in [-0.2, -0.15) is 0 Å². The normalized spacial score (nSPS) is 17.2. The molecular formula is C24H25Cl2N4O3+. The number of carbonyl (C=O) groups is 3. The van der Waals surface area contributed by atoms with E-state index in [0.717, 1.165) is 42.2 Å². The van der Waals surface area contributed by atoms with Gasteiger partial charge in [-0.15, -0.1) is 0 Å². The van der Waals surface area contributed by atoms with E-state index in [0.29, 0.717) is 22.8 Å². The molecule has 172 valence electrons. The number of benzene rings is 2. The summed E-state index contributed by atoms with van der Waals surface area (Å²) in [6.07, 6.45) is 0.322. The van der Waals surface area contributed by atoms with Crippen LogP contribution in [-0.4, -0.2) is 55.8 Å². The zero-order chi connectivity index (χ0) is 23.7. The van der Waals surface area contributed by atoms with Crippen LogP contribution in [0.25, 0.3) is 0 Å². The maximum atomic E-state index is 12.9. The predicted molar refractivity (Wildman–Crippen MR) is 129 cm³/mol. The van der Waals surface area contributed by atoms with E-state index in [1.807, 2.05) is 24.0 Å². The van der Waals surface area contributed by atoms with Crippen LogP contribution in [0.5, 0.6) is 0 Å². The number of aryl methyl sites for hydroxylation is 1. The van der Waals surface area contributed by atoms with Crippen molar-refractivity contribution in [2.75, 3.05) is 43.4 Å². The number of nitrogens with one attached hydrogen (secondary N) is 2. The maximum Gasteiger partial charge on any atom is 0.283 e. The van der Waals surface area contributed by atoms with Crippen molar-refractivity contribution in [3.8, 4) is 0 Å². The smallest absolute Gasteiger partial charge is 0.283 e. The molecule has 0 saturated carbocycles. The molecule has 1 saturated heterocycles. The Bertz CT molecular complexity index is 1140. The number of nitrogens with zero attached hydrogens (tertiary/aromatic N) is 2. The van der Waals surface area contributed by atoms with Crippen LogP contribution < -0.4 is 15.1 Å². The molecule has 0 unspecified atom stereocenters. The van der Waals surface area contributed by atoms with Crippen molar-refractivity contribution in [3.05, 3.63) is 69.3 Å². The SMILES string of the molecule is Cc1ccc(N2C(=O)C(Cl)=C(Nc3ccc(CC(=O)N4CC[NH+](C)CC4)cc3)C2=O)cc1Cl. The zero-order valence-corrected chi connectivity index (χ0v) is 20.0. The maximum absolute atomic E-state index is 12.9. The Morgan fingerprint density at radius 1 is 1.03 bits per heavy atom. The standard InChI is InChI=1S/C24H24Cl2N4O3/c1-15-3-8-18(14-19(15)25)30-23(32)21(26)22(24(30)33)27-17-6-4-16(5-7-17)13-20(31)29-11-9-28(2)10-12-29/h3-8,14,27H,9-13H2,1-2H3/p+1. The number of halogens is 2. The molecule has 0 aromatic heterocycles. The Morgan fingerprint density at radius 3 is 2.33 bits per heavy atom. The van der Waals surface area contributed by atoms with Gasteiger partial charge in [-0.25, -0.2) is 4.90 Å². The van der Waals surface area contributed by atoms with Crippen molar-refractivity contribution >= 4 is 52.3 Å². The fourth-order valence-electron chi connectivity index (χ4n) is 3.84. The molecule has 0 spiro atoms. The lowest BCUT2D eigenvalue weighted by atomic mass is 10.1. The van der Waals surface area contributed by atoms with Crippen LogP contribution in [-0.2, 0) is 20.8 Å². The molecule has 0 bridgehead atoms. The molecule has 0 radical (unpaired) electrons. The molecule has 4 rings (SSSR count). The van der Waals surface area contributed by atoms with Crippen molar-refractivity contribution < 1.29 is 19.3 Å². The predicted octanol–water partition coefficient (Wildman–Crippen LogP) is 1.98. The Morgan fingerprint density at radius 2 is 1.70 bits per heavy atom. The third-order valence-corrected chi connectivity index (χ3v) is 6.75. The minimum absolute atomic E-state index is 0.00197. The molecule has 0 aliphatic carbocycles. The highest BCUT2D eigenvalue weighted by Crippen LogP contribution is 2.32. The summed E-state index contributed by atoms with van der Waals surface area (Å²) in [5, 5.41) is 3.22. The van der Waals surface area contributed by atoms with Crippen LogP contribution in [0.15, 0.2) is 53.2 Å². The van der Waals surface area contributed by atoms with Gasteiger partial charge < -0.3 is 15.1 Å². The minimum atomic E-state index is -0.611. The average Bonchev–Trinajstić information content (AvgIpc) is 3.00. The van der Waals surface area contributed by atoms with E-state index in [4.69, 9.17) is 23.2 Å². The first kappa shape index (κ1) is 23.3. The van der Waals surface area contributed by atoms with Crippen LogP contribution in [0, 0.1) is 6.92 Å². The summed E-state index contributed by atoms with van der Waals surface area (Å²) >= 11 is 12.4. The van der Waals surface area contributed by atoms with Gasteiger partial charge in [0.1, 0.15) is 10.7 Å². The summed E-state index contributed by atoms with van der Waals surface area (Å²) in [6, 6.07) is 12.1. The summed E-state index contributed by atoms with van der Waals surface area (Å²) in [5.41, 5.74) is 2.66. The van der Waals surface area contributed by atoms with Gasteiger partial charge in [0.2, 0.25) is 5.91 Å². The molecule has 3 amide bonds. The van der Waals surface area contributed by atoms with Crippen LogP contribution in [0.1, 0.15) is 11.1 Å². The van der Waals surface area contributed by atoms with E-state index in [1.54, 1.807) is 30.3 Å². The highest BCUT2D eigenvalue weighted by atomic mass is 35.5. The quantitative estimate of drug-likeness (QED) is 0.632. The van der Waals surface area contributed by atoms with E-state index in [2.05, 4.69) is 12.4 Å². The van der Waals surface area contributed by atoms with Gasteiger partial charge in [0.05, 0.1) is 45.3 Å². The number of imide groups is 1. The average molecular weight is 488 g/mol. The monoisotopic (exact) mass is 487 g/mol.